The molecule has 0 saturated carbocycles. The minimum absolute atomic E-state index is 0.0938. The van der Waals surface area contributed by atoms with Crippen molar-refractivity contribution in [2.24, 2.45) is 0 Å². The van der Waals surface area contributed by atoms with Crippen LogP contribution in [0.3, 0.4) is 0 Å². The van der Waals surface area contributed by atoms with Crippen LogP contribution >= 0.6 is 0 Å². The molecule has 6 nitrogen and oxygen atoms in total. The zero-order valence-electron chi connectivity index (χ0n) is 17.9. The second-order valence-corrected chi connectivity index (χ2v) is 7.32. The zero-order chi connectivity index (χ0) is 21.8. The van der Waals surface area contributed by atoms with E-state index in [0.29, 0.717) is 37.0 Å². The average Bonchev–Trinajstić information content (AvgIpc) is 2.81. The summed E-state index contributed by atoms with van der Waals surface area (Å²) < 4.78 is 21.9. The van der Waals surface area contributed by atoms with Crippen molar-refractivity contribution in [3.05, 3.63) is 65.7 Å². The second kappa shape index (κ2) is 9.00. The van der Waals surface area contributed by atoms with E-state index in [1.165, 1.54) is 0 Å². The molecule has 0 N–H and O–H groups in total. The van der Waals surface area contributed by atoms with E-state index < -0.39 is 0 Å². The Hall–Kier alpha value is -3.67. The van der Waals surface area contributed by atoms with E-state index in [1.807, 2.05) is 42.5 Å². The van der Waals surface area contributed by atoms with Crippen molar-refractivity contribution in [2.75, 3.05) is 34.5 Å². The van der Waals surface area contributed by atoms with E-state index in [2.05, 4.69) is 6.07 Å². The molecule has 0 aromatic heterocycles. The fourth-order valence-corrected chi connectivity index (χ4v) is 3.53. The molecule has 0 radical (unpaired) electrons. The van der Waals surface area contributed by atoms with Crippen molar-refractivity contribution < 1.29 is 23.7 Å². The number of rotatable bonds is 6. The van der Waals surface area contributed by atoms with Crippen molar-refractivity contribution in [1.82, 2.24) is 4.90 Å². The molecule has 0 atom stereocenters. The number of methoxy groups -OCH3 is 2. The third kappa shape index (κ3) is 4.58. The Balaban J connectivity index is 1.46. The molecule has 0 fully saturated rings. The molecule has 0 saturated heterocycles. The number of carbonyl (C=O) groups is 1. The molecule has 1 heterocycles. The Bertz CT molecular complexity index is 1120. The highest BCUT2D eigenvalue weighted by Crippen LogP contribution is 2.40. The van der Waals surface area contributed by atoms with Gasteiger partial charge in [-0.05, 0) is 58.3 Å². The monoisotopic (exact) mass is 419 g/mol. The Morgan fingerprint density at radius 3 is 2.58 bits per heavy atom. The third-order valence-electron chi connectivity index (χ3n) is 5.18. The smallest absolute Gasteiger partial charge is 0.246 e. The standard InChI is InChI=1S/C25H25NO5/c1-26(16-18-4-6-20-15-21(28-2)8-7-19(20)12-18)24(27)9-5-17-13-22(29-3)25-23(14-17)30-10-11-31-25/h4-9,12-15H,10-11,16H2,1-3H3/b9-5+. The molecule has 0 bridgehead atoms. The summed E-state index contributed by atoms with van der Waals surface area (Å²) in [5.74, 6) is 2.55. The maximum atomic E-state index is 12.6. The lowest BCUT2D eigenvalue weighted by Crippen LogP contribution is -2.24. The first kappa shape index (κ1) is 20.6. The van der Waals surface area contributed by atoms with Crippen molar-refractivity contribution in [3.8, 4) is 23.0 Å². The van der Waals surface area contributed by atoms with Gasteiger partial charge in [0.2, 0.25) is 11.7 Å². The van der Waals surface area contributed by atoms with Gasteiger partial charge in [-0.2, -0.15) is 0 Å². The maximum Gasteiger partial charge on any atom is 0.246 e. The second-order valence-electron chi connectivity index (χ2n) is 7.32. The van der Waals surface area contributed by atoms with Gasteiger partial charge < -0.3 is 23.8 Å². The van der Waals surface area contributed by atoms with Gasteiger partial charge in [-0.1, -0.05) is 18.2 Å². The van der Waals surface area contributed by atoms with Crippen molar-refractivity contribution in [2.45, 2.75) is 6.54 Å². The molecule has 1 amide bonds. The number of hydrogen-bond donors (Lipinski definition) is 0. The van der Waals surface area contributed by atoms with E-state index in [-0.39, 0.29) is 5.91 Å². The van der Waals surface area contributed by atoms with Gasteiger partial charge in [0.1, 0.15) is 19.0 Å². The number of nitrogens with zero attached hydrogens (tertiary/aromatic N) is 1. The van der Waals surface area contributed by atoms with Crippen LogP contribution in [-0.2, 0) is 11.3 Å². The highest BCUT2D eigenvalue weighted by atomic mass is 16.6. The molecule has 3 aromatic carbocycles. The first-order chi connectivity index (χ1) is 15.1. The van der Waals surface area contributed by atoms with E-state index in [1.54, 1.807) is 38.3 Å². The fraction of sp³-hybridized carbons (Fsp3) is 0.240. The van der Waals surface area contributed by atoms with Gasteiger partial charge >= 0.3 is 0 Å². The number of carbonyl (C=O) groups excluding carboxylic acids is 1. The molecule has 3 aromatic rings. The van der Waals surface area contributed by atoms with E-state index in [9.17, 15) is 4.79 Å². The summed E-state index contributed by atoms with van der Waals surface area (Å²) in [4.78, 5) is 14.3. The number of ether oxygens (including phenoxy) is 4. The number of amides is 1. The molecule has 1 aliphatic heterocycles. The summed E-state index contributed by atoms with van der Waals surface area (Å²) in [7, 11) is 5.03. The van der Waals surface area contributed by atoms with E-state index >= 15 is 0 Å². The molecule has 160 valence electrons. The predicted molar refractivity (Wildman–Crippen MR) is 120 cm³/mol. The number of likely N-dealkylation sites (N-methyl/N-ethyl adjacent to an activating group) is 1. The van der Waals surface area contributed by atoms with E-state index in [4.69, 9.17) is 18.9 Å². The number of hydrogen-bond acceptors (Lipinski definition) is 5. The molecule has 4 rings (SSSR count). The summed E-state index contributed by atoms with van der Waals surface area (Å²) in [6.45, 7) is 1.49. The van der Waals surface area contributed by atoms with Crippen LogP contribution in [0.4, 0.5) is 0 Å². The maximum absolute atomic E-state index is 12.6. The minimum atomic E-state index is -0.0938. The van der Waals surface area contributed by atoms with Gasteiger partial charge in [0.05, 0.1) is 14.2 Å². The quantitative estimate of drug-likeness (QED) is 0.558. The first-order valence-corrected chi connectivity index (χ1v) is 10.0. The average molecular weight is 419 g/mol. The highest BCUT2D eigenvalue weighted by molar-refractivity contribution is 5.92. The lowest BCUT2D eigenvalue weighted by Gasteiger charge is -2.21. The number of fused-ring (bicyclic) bond motifs is 2. The Morgan fingerprint density at radius 2 is 1.77 bits per heavy atom. The predicted octanol–water partition coefficient (Wildman–Crippen LogP) is 4.30. The number of benzene rings is 3. The molecule has 0 spiro atoms. The lowest BCUT2D eigenvalue weighted by atomic mass is 10.1. The lowest BCUT2D eigenvalue weighted by molar-refractivity contribution is -0.125. The molecule has 1 aliphatic rings. The molecule has 31 heavy (non-hydrogen) atoms. The summed E-state index contributed by atoms with van der Waals surface area (Å²) in [6, 6.07) is 15.8. The van der Waals surface area contributed by atoms with Gasteiger partial charge in [-0.25, -0.2) is 0 Å². The van der Waals surface area contributed by atoms with Crippen LogP contribution in [0, 0.1) is 0 Å². The Morgan fingerprint density at radius 1 is 1.00 bits per heavy atom. The van der Waals surface area contributed by atoms with Crippen LogP contribution < -0.4 is 18.9 Å². The zero-order valence-corrected chi connectivity index (χ0v) is 17.9. The molecule has 0 aliphatic carbocycles. The van der Waals surface area contributed by atoms with Gasteiger partial charge in [0.15, 0.2) is 11.5 Å². The topological polar surface area (TPSA) is 57.2 Å². The third-order valence-corrected chi connectivity index (χ3v) is 5.18. The first-order valence-electron chi connectivity index (χ1n) is 10.0. The van der Waals surface area contributed by atoms with Gasteiger partial charge in [0.25, 0.3) is 0 Å². The van der Waals surface area contributed by atoms with Crippen molar-refractivity contribution in [3.63, 3.8) is 0 Å². The minimum Gasteiger partial charge on any atom is -0.497 e. The Kier molecular flexibility index (Phi) is 5.98. The van der Waals surface area contributed by atoms with Crippen LogP contribution in [0.15, 0.2) is 54.6 Å². The highest BCUT2D eigenvalue weighted by Gasteiger charge is 2.18. The fourth-order valence-electron chi connectivity index (χ4n) is 3.53. The van der Waals surface area contributed by atoms with Crippen molar-refractivity contribution >= 4 is 22.8 Å². The molecule has 6 heteroatoms. The SMILES string of the molecule is COc1ccc2cc(CN(C)C(=O)/C=C/c3cc(OC)c4c(c3)OCCO4)ccc2c1. The largest absolute Gasteiger partial charge is 0.497 e. The summed E-state index contributed by atoms with van der Waals surface area (Å²) in [6.07, 6.45) is 3.31. The summed E-state index contributed by atoms with van der Waals surface area (Å²) in [5.41, 5.74) is 1.87. The summed E-state index contributed by atoms with van der Waals surface area (Å²) >= 11 is 0. The van der Waals surface area contributed by atoms with Crippen LogP contribution in [0.1, 0.15) is 11.1 Å². The molecular formula is C25H25NO5. The molecule has 0 unspecified atom stereocenters. The molecular weight excluding hydrogens is 394 g/mol. The van der Waals surface area contributed by atoms with Gasteiger partial charge in [0, 0.05) is 19.7 Å². The normalized spacial score (nSPS) is 12.7. The van der Waals surface area contributed by atoms with Crippen LogP contribution in [-0.4, -0.2) is 45.3 Å². The summed E-state index contributed by atoms with van der Waals surface area (Å²) in [5, 5.41) is 2.21. The van der Waals surface area contributed by atoms with E-state index in [0.717, 1.165) is 27.6 Å². The van der Waals surface area contributed by atoms with Crippen LogP contribution in [0.5, 0.6) is 23.0 Å². The van der Waals surface area contributed by atoms with Gasteiger partial charge in [-0.3, -0.25) is 4.79 Å². The van der Waals surface area contributed by atoms with Gasteiger partial charge in [-0.15, -0.1) is 0 Å². The van der Waals surface area contributed by atoms with Crippen molar-refractivity contribution in [1.29, 1.82) is 0 Å². The van der Waals surface area contributed by atoms with Crippen LogP contribution in [0.25, 0.3) is 16.8 Å². The van der Waals surface area contributed by atoms with Crippen LogP contribution in [0.2, 0.25) is 0 Å². The Labute approximate surface area is 181 Å².